The van der Waals surface area contributed by atoms with Gasteiger partial charge in [0.15, 0.2) is 0 Å². The van der Waals surface area contributed by atoms with Crippen molar-refractivity contribution in [1.82, 2.24) is 13.9 Å². The van der Waals surface area contributed by atoms with Crippen molar-refractivity contribution < 1.29 is 0 Å². The molecule has 1 aromatic rings. The number of halogens is 2. The van der Waals surface area contributed by atoms with Gasteiger partial charge in [0.05, 0.1) is 21.7 Å². The largest absolute Gasteiger partial charge is 0.347 e. The molecular weight excluding hydrogens is 354 g/mol. The SMILES string of the molecule is CCn1c(=O)n2n(c1=O)[C@H]1C=C[C@@H]2[C@@H](Br)[C@H]1Br. The van der Waals surface area contributed by atoms with E-state index in [2.05, 4.69) is 31.9 Å². The number of alkyl halides is 2. The summed E-state index contributed by atoms with van der Waals surface area (Å²) >= 11 is 7.18. The molecule has 92 valence electrons. The summed E-state index contributed by atoms with van der Waals surface area (Å²) in [5, 5.41) is 0. The highest BCUT2D eigenvalue weighted by atomic mass is 79.9. The van der Waals surface area contributed by atoms with Crippen LogP contribution in [-0.4, -0.2) is 23.6 Å². The molecule has 0 spiro atoms. The number of aromatic nitrogens is 3. The molecule has 1 aliphatic carbocycles. The lowest BCUT2D eigenvalue weighted by Gasteiger charge is -2.40. The highest BCUT2D eigenvalue weighted by Gasteiger charge is 2.44. The molecule has 4 atom stereocenters. The van der Waals surface area contributed by atoms with Crippen LogP contribution >= 0.6 is 31.9 Å². The molecule has 0 saturated carbocycles. The first-order chi connectivity index (χ1) is 8.07. The molecule has 4 rings (SSSR count). The summed E-state index contributed by atoms with van der Waals surface area (Å²) in [6.45, 7) is 2.21. The number of hydrogen-bond donors (Lipinski definition) is 0. The Morgan fingerprint density at radius 1 is 1.06 bits per heavy atom. The second kappa shape index (κ2) is 3.71. The predicted octanol–water partition coefficient (Wildman–Crippen LogP) is 1.02. The molecule has 0 fully saturated rings. The van der Waals surface area contributed by atoms with Crippen molar-refractivity contribution in [2.45, 2.75) is 35.2 Å². The van der Waals surface area contributed by atoms with Gasteiger partial charge in [0.1, 0.15) is 0 Å². The van der Waals surface area contributed by atoms with Crippen LogP contribution in [0.2, 0.25) is 0 Å². The molecule has 1 aromatic heterocycles. The number of hydrogen-bond acceptors (Lipinski definition) is 2. The lowest BCUT2D eigenvalue weighted by Crippen LogP contribution is -2.50. The van der Waals surface area contributed by atoms with Gasteiger partial charge in [-0.25, -0.2) is 23.5 Å². The Morgan fingerprint density at radius 2 is 1.47 bits per heavy atom. The van der Waals surface area contributed by atoms with Crippen molar-refractivity contribution in [3.63, 3.8) is 0 Å². The van der Waals surface area contributed by atoms with E-state index in [4.69, 9.17) is 0 Å². The van der Waals surface area contributed by atoms with E-state index in [1.165, 1.54) is 4.57 Å². The van der Waals surface area contributed by atoms with Crippen LogP contribution < -0.4 is 11.4 Å². The molecule has 0 saturated heterocycles. The van der Waals surface area contributed by atoms with E-state index in [0.29, 0.717) is 6.54 Å². The lowest BCUT2D eigenvalue weighted by molar-refractivity contribution is 0.278. The summed E-state index contributed by atoms with van der Waals surface area (Å²) in [4.78, 5) is 24.5. The van der Waals surface area contributed by atoms with Gasteiger partial charge in [-0.1, -0.05) is 44.0 Å². The molecule has 2 aliphatic heterocycles. The van der Waals surface area contributed by atoms with E-state index in [9.17, 15) is 9.59 Å². The van der Waals surface area contributed by atoms with Crippen LogP contribution in [0.3, 0.4) is 0 Å². The fourth-order valence-corrected chi connectivity index (χ4v) is 4.00. The second-order valence-electron chi connectivity index (χ2n) is 4.25. The Hall–Kier alpha value is -0.560. The highest BCUT2D eigenvalue weighted by molar-refractivity contribution is 9.12. The Morgan fingerprint density at radius 3 is 1.82 bits per heavy atom. The predicted molar refractivity (Wildman–Crippen MR) is 71.3 cm³/mol. The minimum Gasteiger partial charge on any atom is -0.246 e. The minimum absolute atomic E-state index is 0.0997. The fraction of sp³-hybridized carbons (Fsp3) is 0.600. The molecule has 3 aliphatic rings. The highest BCUT2D eigenvalue weighted by Crippen LogP contribution is 2.41. The summed E-state index contributed by atoms with van der Waals surface area (Å²) in [5.41, 5.74) is -0.443. The van der Waals surface area contributed by atoms with Crippen molar-refractivity contribution in [1.29, 1.82) is 0 Å². The van der Waals surface area contributed by atoms with E-state index >= 15 is 0 Å². The maximum absolute atomic E-state index is 12.1. The van der Waals surface area contributed by atoms with Crippen LogP contribution in [0.25, 0.3) is 0 Å². The minimum atomic E-state index is -0.222. The van der Waals surface area contributed by atoms with Crippen LogP contribution in [0.4, 0.5) is 0 Å². The molecule has 5 nitrogen and oxygen atoms in total. The average Bonchev–Trinajstić information content (AvgIpc) is 2.58. The van der Waals surface area contributed by atoms with Crippen molar-refractivity contribution in [3.8, 4) is 0 Å². The summed E-state index contributed by atoms with van der Waals surface area (Å²) in [6, 6.07) is -0.199. The first-order valence-corrected chi connectivity index (χ1v) is 7.31. The molecule has 0 radical (unpaired) electrons. The van der Waals surface area contributed by atoms with Gasteiger partial charge in [-0.05, 0) is 6.92 Å². The number of allylic oxidation sites excluding steroid dienone is 2. The van der Waals surface area contributed by atoms with E-state index in [-0.39, 0.29) is 33.1 Å². The third-order valence-corrected chi connectivity index (χ3v) is 6.36. The van der Waals surface area contributed by atoms with Gasteiger partial charge >= 0.3 is 11.4 Å². The summed E-state index contributed by atoms with van der Waals surface area (Å²) in [7, 11) is 0. The molecule has 2 bridgehead atoms. The van der Waals surface area contributed by atoms with Gasteiger partial charge in [-0.3, -0.25) is 0 Å². The Bertz CT molecular complexity index is 563. The zero-order chi connectivity index (χ0) is 12.3. The molecular formula is C10H11Br2N3O2. The number of rotatable bonds is 1. The quantitative estimate of drug-likeness (QED) is 0.552. The maximum atomic E-state index is 12.1. The van der Waals surface area contributed by atoms with Crippen molar-refractivity contribution in [2.75, 3.05) is 0 Å². The van der Waals surface area contributed by atoms with Gasteiger partial charge in [0, 0.05) is 6.54 Å². The van der Waals surface area contributed by atoms with Crippen LogP contribution in [0.15, 0.2) is 21.7 Å². The second-order valence-corrected chi connectivity index (χ2v) is 6.37. The molecule has 0 unspecified atom stereocenters. The average molecular weight is 365 g/mol. The topological polar surface area (TPSA) is 48.9 Å². The van der Waals surface area contributed by atoms with Gasteiger partial charge in [-0.2, -0.15) is 0 Å². The maximum Gasteiger partial charge on any atom is 0.347 e. The van der Waals surface area contributed by atoms with Crippen LogP contribution in [0.5, 0.6) is 0 Å². The van der Waals surface area contributed by atoms with Crippen LogP contribution in [0.1, 0.15) is 19.0 Å². The molecule has 0 amide bonds. The van der Waals surface area contributed by atoms with Gasteiger partial charge in [-0.15, -0.1) is 0 Å². The Balaban J connectivity index is 2.35. The monoisotopic (exact) mass is 363 g/mol. The standard InChI is InChI=1S/C10H11Br2N3O2/c1-2-13-9(16)14-5-3-4-6(8(12)7(5)11)15(14)10(13)17/h3-8H,2H2,1H3/t5-,6+,7-,8+. The number of fused-ring (bicyclic) bond motifs is 1. The van der Waals surface area contributed by atoms with E-state index in [1.807, 2.05) is 19.1 Å². The first-order valence-electron chi connectivity index (χ1n) is 5.48. The summed E-state index contributed by atoms with van der Waals surface area (Å²) in [5.74, 6) is 0. The van der Waals surface area contributed by atoms with Gasteiger partial charge < -0.3 is 0 Å². The number of nitrogens with zero attached hydrogens (tertiary/aromatic N) is 3. The zero-order valence-electron chi connectivity index (χ0n) is 9.09. The van der Waals surface area contributed by atoms with Crippen LogP contribution in [0, 0.1) is 0 Å². The van der Waals surface area contributed by atoms with E-state index in [1.54, 1.807) is 9.36 Å². The molecule has 7 heteroatoms. The van der Waals surface area contributed by atoms with Gasteiger partial charge in [0.25, 0.3) is 0 Å². The Labute approximate surface area is 114 Å². The summed E-state index contributed by atoms with van der Waals surface area (Å²) in [6.07, 6.45) is 3.98. The summed E-state index contributed by atoms with van der Waals surface area (Å²) < 4.78 is 4.40. The van der Waals surface area contributed by atoms with Crippen LogP contribution in [-0.2, 0) is 6.54 Å². The molecule has 17 heavy (non-hydrogen) atoms. The van der Waals surface area contributed by atoms with Crippen molar-refractivity contribution in [3.05, 3.63) is 33.1 Å². The third kappa shape index (κ3) is 1.29. The van der Waals surface area contributed by atoms with Gasteiger partial charge in [0.2, 0.25) is 0 Å². The molecule has 0 N–H and O–H groups in total. The normalized spacial score (nSPS) is 34.1. The van der Waals surface area contributed by atoms with E-state index in [0.717, 1.165) is 0 Å². The van der Waals surface area contributed by atoms with Crippen molar-refractivity contribution in [2.24, 2.45) is 0 Å². The fourth-order valence-electron chi connectivity index (χ4n) is 2.58. The molecule has 3 heterocycles. The first kappa shape index (κ1) is 11.5. The third-order valence-electron chi connectivity index (χ3n) is 3.43. The van der Waals surface area contributed by atoms with E-state index < -0.39 is 0 Å². The Kier molecular flexibility index (Phi) is 2.52. The smallest absolute Gasteiger partial charge is 0.246 e. The lowest BCUT2D eigenvalue weighted by atomic mass is 9.96. The molecule has 0 aromatic carbocycles. The zero-order valence-corrected chi connectivity index (χ0v) is 12.3. The van der Waals surface area contributed by atoms with Crippen molar-refractivity contribution >= 4 is 31.9 Å².